The van der Waals surface area contributed by atoms with Crippen LogP contribution >= 0.6 is 11.6 Å². The molecule has 11 heteroatoms. The van der Waals surface area contributed by atoms with E-state index in [1.54, 1.807) is 18.2 Å². The maximum absolute atomic E-state index is 14.7. The van der Waals surface area contributed by atoms with Crippen molar-refractivity contribution in [3.05, 3.63) is 82.0 Å². The van der Waals surface area contributed by atoms with Crippen LogP contribution in [0.5, 0.6) is 11.5 Å². The summed E-state index contributed by atoms with van der Waals surface area (Å²) in [6.45, 7) is 2.38. The molecule has 2 aromatic carbocycles. The van der Waals surface area contributed by atoms with E-state index >= 15 is 0 Å². The van der Waals surface area contributed by atoms with Gasteiger partial charge in [0.15, 0.2) is 28.9 Å². The molecular formula is C32H31ClF2N4O4. The largest absolute Gasteiger partial charge is 0.485 e. The van der Waals surface area contributed by atoms with Crippen molar-refractivity contribution in [2.45, 2.75) is 50.8 Å². The second-order valence-corrected chi connectivity index (χ2v) is 12.3. The van der Waals surface area contributed by atoms with Gasteiger partial charge in [0.2, 0.25) is 0 Å². The van der Waals surface area contributed by atoms with Crippen molar-refractivity contribution in [3.63, 3.8) is 0 Å². The molecule has 3 aliphatic rings. The number of likely N-dealkylation sites (tertiary alicyclic amines) is 1. The molecule has 1 saturated carbocycles. The average molecular weight is 609 g/mol. The Morgan fingerprint density at radius 1 is 1.09 bits per heavy atom. The number of benzene rings is 2. The van der Waals surface area contributed by atoms with Crippen LogP contribution in [0.1, 0.15) is 65.1 Å². The molecule has 2 aliphatic heterocycles. The molecule has 224 valence electrons. The molecular weight excluding hydrogens is 578 g/mol. The number of carbonyl (C=O) groups is 1. The quantitative estimate of drug-likeness (QED) is 0.242. The standard InChI is InChI=1S/C32H31ClF2N4O4/c33-20-4-5-22(23(35)14-20)27-16-42-26-3-1-2-21(29(26)43-27)19-8-12-38(13-9-19)15-28-36-24-6-7-25(31(40)41)37-30(24)39(28)18-32(17-34)10-11-32/h1-7,14,19,27H,8-13,15-18H2,(H,40,41)/t27-/m1/s1. The Morgan fingerprint density at radius 3 is 2.63 bits per heavy atom. The number of fused-ring (bicyclic) bond motifs is 2. The first-order chi connectivity index (χ1) is 20.8. The predicted octanol–water partition coefficient (Wildman–Crippen LogP) is 6.56. The summed E-state index contributed by atoms with van der Waals surface area (Å²) in [5.41, 5.74) is 2.09. The Hall–Kier alpha value is -3.76. The van der Waals surface area contributed by atoms with Crippen LogP contribution < -0.4 is 9.47 Å². The van der Waals surface area contributed by atoms with E-state index in [1.807, 2.05) is 16.7 Å². The number of piperidine rings is 1. The van der Waals surface area contributed by atoms with Crippen LogP contribution in [0.4, 0.5) is 8.78 Å². The van der Waals surface area contributed by atoms with Gasteiger partial charge >= 0.3 is 5.97 Å². The van der Waals surface area contributed by atoms with Crippen molar-refractivity contribution in [2.75, 3.05) is 26.4 Å². The Balaban J connectivity index is 1.09. The van der Waals surface area contributed by atoms with Gasteiger partial charge in [-0.05, 0) is 75.0 Å². The number of nitrogens with zero attached hydrogens (tertiary/aromatic N) is 4. The molecule has 0 spiro atoms. The summed E-state index contributed by atoms with van der Waals surface area (Å²) in [6, 6.07) is 13.6. The average Bonchev–Trinajstić information content (AvgIpc) is 3.72. The molecule has 0 amide bonds. The SMILES string of the molecule is O=C(O)c1ccc2nc(CN3CCC(c4cccc5c4O[C@@H](c4ccc(Cl)cc4F)CO5)CC3)n(CC3(CF)CC3)c2n1. The molecule has 8 nitrogen and oxygen atoms in total. The molecule has 1 atom stereocenters. The fourth-order valence-electron chi connectivity index (χ4n) is 6.25. The van der Waals surface area contributed by atoms with Crippen LogP contribution in [0.2, 0.25) is 5.02 Å². The van der Waals surface area contributed by atoms with Crippen LogP contribution in [0.3, 0.4) is 0 Å². The molecule has 0 unspecified atom stereocenters. The van der Waals surface area contributed by atoms with E-state index in [-0.39, 0.29) is 18.2 Å². The molecule has 0 bridgehead atoms. The highest BCUT2D eigenvalue weighted by Crippen LogP contribution is 2.48. The number of alkyl halides is 1. The number of hydrogen-bond acceptors (Lipinski definition) is 6. The van der Waals surface area contributed by atoms with Crippen LogP contribution in [0, 0.1) is 11.2 Å². The topological polar surface area (TPSA) is 89.7 Å². The molecule has 2 aromatic heterocycles. The van der Waals surface area contributed by atoms with Gasteiger partial charge in [-0.1, -0.05) is 29.8 Å². The molecule has 0 radical (unpaired) electrons. The molecule has 4 aromatic rings. The fraction of sp³-hybridized carbons (Fsp3) is 0.406. The molecule has 1 N–H and O–H groups in total. The van der Waals surface area contributed by atoms with Crippen molar-refractivity contribution in [1.29, 1.82) is 0 Å². The van der Waals surface area contributed by atoms with Crippen LogP contribution in [-0.4, -0.2) is 56.9 Å². The van der Waals surface area contributed by atoms with Crippen molar-refractivity contribution in [2.24, 2.45) is 5.41 Å². The van der Waals surface area contributed by atoms with Crippen molar-refractivity contribution in [3.8, 4) is 11.5 Å². The number of carboxylic acid groups (broad SMARTS) is 1. The van der Waals surface area contributed by atoms with Gasteiger partial charge < -0.3 is 19.1 Å². The minimum Gasteiger partial charge on any atom is -0.485 e. The van der Waals surface area contributed by atoms with E-state index < -0.39 is 30.0 Å². The summed E-state index contributed by atoms with van der Waals surface area (Å²) < 4.78 is 42.9. The first-order valence-corrected chi connectivity index (χ1v) is 15.0. The number of aromatic carboxylic acids is 1. The van der Waals surface area contributed by atoms with E-state index in [9.17, 15) is 18.7 Å². The Kier molecular flexibility index (Phi) is 7.21. The number of pyridine rings is 1. The van der Waals surface area contributed by atoms with Crippen LogP contribution in [0.15, 0.2) is 48.5 Å². The highest BCUT2D eigenvalue weighted by Gasteiger charge is 2.44. The van der Waals surface area contributed by atoms with E-state index in [0.29, 0.717) is 46.3 Å². The number of para-hydroxylation sites is 1. The summed E-state index contributed by atoms with van der Waals surface area (Å²) in [6.07, 6.45) is 2.76. The van der Waals surface area contributed by atoms with Gasteiger partial charge in [-0.25, -0.2) is 19.2 Å². The summed E-state index contributed by atoms with van der Waals surface area (Å²) >= 11 is 5.95. The first kappa shape index (κ1) is 28.0. The van der Waals surface area contributed by atoms with Crippen LogP contribution in [-0.2, 0) is 13.1 Å². The Morgan fingerprint density at radius 2 is 1.91 bits per heavy atom. The van der Waals surface area contributed by atoms with Crippen molar-refractivity contribution >= 4 is 28.7 Å². The van der Waals surface area contributed by atoms with Crippen LogP contribution in [0.25, 0.3) is 11.2 Å². The molecule has 7 rings (SSSR count). The maximum Gasteiger partial charge on any atom is 0.354 e. The molecule has 43 heavy (non-hydrogen) atoms. The van der Waals surface area contributed by atoms with Gasteiger partial charge in [0.05, 0.1) is 13.2 Å². The highest BCUT2D eigenvalue weighted by molar-refractivity contribution is 6.30. The lowest BCUT2D eigenvalue weighted by Gasteiger charge is -2.35. The lowest BCUT2D eigenvalue weighted by molar-refractivity contribution is 0.0690. The third-order valence-electron chi connectivity index (χ3n) is 8.99. The van der Waals surface area contributed by atoms with Crippen molar-refractivity contribution < 1.29 is 28.2 Å². The molecule has 4 heterocycles. The van der Waals surface area contributed by atoms with Gasteiger partial charge in [-0.3, -0.25) is 9.29 Å². The lowest BCUT2D eigenvalue weighted by atomic mass is 9.88. The van der Waals surface area contributed by atoms with E-state index in [2.05, 4.69) is 16.0 Å². The third kappa shape index (κ3) is 5.42. The van der Waals surface area contributed by atoms with E-state index in [4.69, 9.17) is 26.1 Å². The number of aromatic nitrogens is 3. The Bertz CT molecular complexity index is 1700. The third-order valence-corrected chi connectivity index (χ3v) is 9.22. The van der Waals surface area contributed by atoms with Gasteiger partial charge in [-0.2, -0.15) is 0 Å². The lowest BCUT2D eigenvalue weighted by Crippen LogP contribution is -2.34. The molecule has 1 aliphatic carbocycles. The van der Waals surface area contributed by atoms with Gasteiger partial charge in [-0.15, -0.1) is 0 Å². The number of rotatable bonds is 8. The number of hydrogen-bond donors (Lipinski definition) is 1. The molecule has 1 saturated heterocycles. The zero-order chi connectivity index (χ0) is 29.7. The minimum atomic E-state index is -1.10. The fourth-order valence-corrected chi connectivity index (χ4v) is 6.41. The van der Waals surface area contributed by atoms with Gasteiger partial charge in [0.1, 0.15) is 23.8 Å². The maximum atomic E-state index is 14.7. The monoisotopic (exact) mass is 608 g/mol. The van der Waals surface area contributed by atoms with Gasteiger partial charge in [0.25, 0.3) is 0 Å². The number of carboxylic acids is 1. The number of halogens is 3. The summed E-state index contributed by atoms with van der Waals surface area (Å²) in [5, 5.41) is 9.81. The number of imidazole rings is 1. The highest BCUT2D eigenvalue weighted by atomic mass is 35.5. The van der Waals surface area contributed by atoms with E-state index in [0.717, 1.165) is 50.2 Å². The number of ether oxygens (including phenoxy) is 2. The normalized spacial score (nSPS) is 19.9. The zero-order valence-corrected chi connectivity index (χ0v) is 24.2. The molecule has 2 fully saturated rings. The second-order valence-electron chi connectivity index (χ2n) is 11.9. The smallest absolute Gasteiger partial charge is 0.354 e. The van der Waals surface area contributed by atoms with E-state index in [1.165, 1.54) is 12.1 Å². The predicted molar refractivity (Wildman–Crippen MR) is 156 cm³/mol. The van der Waals surface area contributed by atoms with Gasteiger partial charge in [0, 0.05) is 28.1 Å². The first-order valence-electron chi connectivity index (χ1n) is 14.6. The summed E-state index contributed by atoms with van der Waals surface area (Å²) in [4.78, 5) is 23.1. The Labute approximate surface area is 252 Å². The summed E-state index contributed by atoms with van der Waals surface area (Å²) in [7, 11) is 0. The van der Waals surface area contributed by atoms with Crippen molar-refractivity contribution in [1.82, 2.24) is 19.4 Å². The zero-order valence-electron chi connectivity index (χ0n) is 23.4. The summed E-state index contributed by atoms with van der Waals surface area (Å²) in [5.74, 6) is 0.791. The second kappa shape index (κ2) is 11.1. The minimum absolute atomic E-state index is 0.0514.